The third-order valence-corrected chi connectivity index (χ3v) is 5.69. The maximum Gasteiger partial charge on any atom is 0.290 e. The number of hydrogen-bond donors (Lipinski definition) is 2. The number of rotatable bonds is 8. The van der Waals surface area contributed by atoms with Gasteiger partial charge in [-0.1, -0.05) is 44.0 Å². The van der Waals surface area contributed by atoms with Crippen molar-refractivity contribution in [3.8, 4) is 11.5 Å². The molecule has 0 spiro atoms. The first-order chi connectivity index (χ1) is 15.5. The predicted octanol–water partition coefficient (Wildman–Crippen LogP) is 4.92. The third kappa shape index (κ3) is 3.70. The van der Waals surface area contributed by atoms with E-state index in [2.05, 4.69) is 6.92 Å². The maximum atomic E-state index is 13.5. The van der Waals surface area contributed by atoms with Gasteiger partial charge in [0.1, 0.15) is 5.75 Å². The first-order valence-electron chi connectivity index (χ1n) is 10.6. The van der Waals surface area contributed by atoms with Crippen LogP contribution in [-0.4, -0.2) is 40.5 Å². The summed E-state index contributed by atoms with van der Waals surface area (Å²) >= 11 is 0. The molecule has 0 saturated heterocycles. The second kappa shape index (κ2) is 8.78. The van der Waals surface area contributed by atoms with E-state index >= 15 is 0 Å². The molecule has 0 saturated carbocycles. The summed E-state index contributed by atoms with van der Waals surface area (Å²) in [6.07, 6.45) is 2.60. The number of Topliss-reactive ketones (excluding diaryl/α,β-unsaturated/α-hetero) is 1. The van der Waals surface area contributed by atoms with Gasteiger partial charge in [-0.25, -0.2) is 0 Å². The van der Waals surface area contributed by atoms with Gasteiger partial charge in [-0.15, -0.1) is 0 Å². The van der Waals surface area contributed by atoms with Crippen molar-refractivity contribution in [2.75, 3.05) is 13.7 Å². The van der Waals surface area contributed by atoms with Gasteiger partial charge in [0.05, 0.1) is 18.7 Å². The van der Waals surface area contributed by atoms with Crippen LogP contribution in [0.2, 0.25) is 0 Å². The minimum atomic E-state index is -0.825. The Morgan fingerprint density at radius 2 is 1.91 bits per heavy atom. The van der Waals surface area contributed by atoms with E-state index in [1.165, 1.54) is 24.1 Å². The van der Waals surface area contributed by atoms with E-state index in [1.807, 2.05) is 0 Å². The zero-order chi connectivity index (χ0) is 22.8. The third-order valence-electron chi connectivity index (χ3n) is 5.69. The Bertz CT molecular complexity index is 1210. The fourth-order valence-electron chi connectivity index (χ4n) is 4.13. The lowest BCUT2D eigenvalue weighted by Gasteiger charge is -2.26. The minimum absolute atomic E-state index is 0.000545. The van der Waals surface area contributed by atoms with Crippen LogP contribution in [0.5, 0.6) is 11.5 Å². The number of amides is 1. The second-order valence-corrected chi connectivity index (χ2v) is 7.78. The number of carbonyl (C=O) groups excluding carboxylic acids is 2. The topological polar surface area (TPSA) is 100 Å². The van der Waals surface area contributed by atoms with E-state index < -0.39 is 23.5 Å². The van der Waals surface area contributed by atoms with Crippen molar-refractivity contribution in [3.63, 3.8) is 0 Å². The molecule has 2 aromatic carbocycles. The summed E-state index contributed by atoms with van der Waals surface area (Å²) in [5.74, 6) is -1.29. The highest BCUT2D eigenvalue weighted by Gasteiger charge is 2.44. The molecule has 2 N–H and O–H groups in total. The quantitative estimate of drug-likeness (QED) is 0.385. The van der Waals surface area contributed by atoms with E-state index in [0.717, 1.165) is 19.3 Å². The van der Waals surface area contributed by atoms with Gasteiger partial charge in [0.15, 0.2) is 22.9 Å². The van der Waals surface area contributed by atoms with Crippen LogP contribution in [0.3, 0.4) is 0 Å². The maximum absolute atomic E-state index is 13.5. The number of nitrogens with zero attached hydrogens (tertiary/aromatic N) is 1. The number of furan rings is 1. The van der Waals surface area contributed by atoms with Gasteiger partial charge in [0.2, 0.25) is 5.78 Å². The number of aromatic hydroxyl groups is 1. The monoisotopic (exact) mass is 435 g/mol. The Morgan fingerprint density at radius 3 is 2.62 bits per heavy atom. The summed E-state index contributed by atoms with van der Waals surface area (Å²) < 4.78 is 11.1. The van der Waals surface area contributed by atoms with Crippen LogP contribution in [0.1, 0.15) is 48.3 Å². The number of hydrogen-bond acceptors (Lipinski definition) is 6. The molecule has 0 aliphatic carbocycles. The molecule has 2 heterocycles. The molecule has 1 aliphatic rings. The van der Waals surface area contributed by atoms with Gasteiger partial charge in [-0.3, -0.25) is 9.59 Å². The first-order valence-corrected chi connectivity index (χ1v) is 10.6. The molecular weight excluding hydrogens is 410 g/mol. The number of aliphatic hydroxyl groups excluding tert-OH is 1. The van der Waals surface area contributed by atoms with E-state index in [4.69, 9.17) is 9.15 Å². The van der Waals surface area contributed by atoms with Crippen molar-refractivity contribution in [1.29, 1.82) is 0 Å². The van der Waals surface area contributed by atoms with Crippen LogP contribution in [0.4, 0.5) is 0 Å². The Balaban J connectivity index is 1.79. The highest BCUT2D eigenvalue weighted by Crippen LogP contribution is 2.41. The molecule has 1 unspecified atom stereocenters. The normalized spacial score (nSPS) is 16.2. The van der Waals surface area contributed by atoms with Crippen LogP contribution in [0.15, 0.2) is 64.3 Å². The molecule has 3 aromatic rings. The average molecular weight is 435 g/mol. The summed E-state index contributed by atoms with van der Waals surface area (Å²) in [6.45, 7) is 2.43. The molecule has 7 nitrogen and oxygen atoms in total. The van der Waals surface area contributed by atoms with E-state index in [-0.39, 0.29) is 17.1 Å². The van der Waals surface area contributed by atoms with Crippen molar-refractivity contribution in [2.45, 2.75) is 32.2 Å². The average Bonchev–Trinajstić information content (AvgIpc) is 3.33. The fourth-order valence-corrected chi connectivity index (χ4v) is 4.13. The summed E-state index contributed by atoms with van der Waals surface area (Å²) in [4.78, 5) is 27.9. The van der Waals surface area contributed by atoms with Crippen LogP contribution in [0.25, 0.3) is 11.0 Å². The minimum Gasteiger partial charge on any atom is -0.508 e. The number of unbranched alkanes of at least 4 members (excludes halogenated alkanes) is 2. The predicted molar refractivity (Wildman–Crippen MR) is 119 cm³/mol. The highest BCUT2D eigenvalue weighted by atomic mass is 16.5. The van der Waals surface area contributed by atoms with Gasteiger partial charge in [0, 0.05) is 11.9 Å². The summed E-state index contributed by atoms with van der Waals surface area (Å²) in [6, 6.07) is 12.4. The molecular formula is C25H25NO6. The van der Waals surface area contributed by atoms with Crippen LogP contribution >= 0.6 is 0 Å². The van der Waals surface area contributed by atoms with E-state index in [1.54, 1.807) is 36.4 Å². The Hall–Kier alpha value is -3.74. The molecule has 1 amide bonds. The molecule has 7 heteroatoms. The number of aliphatic hydroxyl groups is 1. The van der Waals surface area contributed by atoms with Crippen molar-refractivity contribution in [1.82, 2.24) is 4.90 Å². The number of methoxy groups -OCH3 is 1. The number of phenols is 1. The first kappa shape index (κ1) is 21.5. The van der Waals surface area contributed by atoms with Gasteiger partial charge in [-0.2, -0.15) is 0 Å². The zero-order valence-corrected chi connectivity index (χ0v) is 18.0. The van der Waals surface area contributed by atoms with Gasteiger partial charge >= 0.3 is 0 Å². The summed E-state index contributed by atoms with van der Waals surface area (Å²) in [7, 11) is 1.51. The number of carbonyl (C=O) groups is 2. The van der Waals surface area contributed by atoms with Gasteiger partial charge in [-0.05, 0) is 36.2 Å². The number of para-hydroxylation sites is 1. The summed E-state index contributed by atoms with van der Waals surface area (Å²) in [5, 5.41) is 21.4. The van der Waals surface area contributed by atoms with Crippen molar-refractivity contribution < 1.29 is 29.0 Å². The Morgan fingerprint density at radius 1 is 1.12 bits per heavy atom. The molecule has 0 bridgehead atoms. The zero-order valence-electron chi connectivity index (χ0n) is 18.0. The lowest BCUT2D eigenvalue weighted by atomic mass is 9.94. The van der Waals surface area contributed by atoms with E-state index in [9.17, 15) is 19.8 Å². The Kier molecular flexibility index (Phi) is 5.90. The lowest BCUT2D eigenvalue weighted by Crippen LogP contribution is -2.32. The number of ketones is 1. The lowest BCUT2D eigenvalue weighted by molar-refractivity contribution is -0.129. The van der Waals surface area contributed by atoms with Crippen LogP contribution in [-0.2, 0) is 4.79 Å². The number of phenolic OH excluding ortho intramolecular Hbond substituents is 1. The smallest absolute Gasteiger partial charge is 0.290 e. The molecule has 1 aliphatic heterocycles. The highest BCUT2D eigenvalue weighted by molar-refractivity contribution is 6.16. The van der Waals surface area contributed by atoms with Crippen molar-refractivity contribution in [3.05, 3.63) is 71.2 Å². The molecule has 1 aromatic heterocycles. The van der Waals surface area contributed by atoms with Crippen molar-refractivity contribution >= 4 is 22.7 Å². The number of ether oxygens (including phenoxy) is 1. The number of benzene rings is 2. The van der Waals surface area contributed by atoms with Crippen LogP contribution < -0.4 is 4.74 Å². The molecule has 0 fully saturated rings. The standard InChI is InChI=1S/C25H25NO6/c1-3-4-5-12-26-21(15-8-6-10-17(27)13-15)20(23(29)25(26)30)22(28)19-14-16-9-7-11-18(31-2)24(16)32-19/h6-11,13-14,21,27,29H,3-5,12H2,1-2H3. The molecule has 32 heavy (non-hydrogen) atoms. The summed E-state index contributed by atoms with van der Waals surface area (Å²) in [5.41, 5.74) is 0.891. The SMILES string of the molecule is CCCCCN1C(=O)C(O)=C(C(=O)c2cc3cccc(OC)c3o2)C1c1cccc(O)c1. The molecule has 1 atom stereocenters. The molecule has 166 valence electrons. The molecule has 4 rings (SSSR count). The fraction of sp³-hybridized carbons (Fsp3) is 0.280. The van der Waals surface area contributed by atoms with Crippen LogP contribution in [0, 0.1) is 0 Å². The molecule has 0 radical (unpaired) electrons. The number of fused-ring (bicyclic) bond motifs is 1. The second-order valence-electron chi connectivity index (χ2n) is 7.78. The largest absolute Gasteiger partial charge is 0.508 e. The van der Waals surface area contributed by atoms with Gasteiger partial charge < -0.3 is 24.3 Å². The van der Waals surface area contributed by atoms with Crippen molar-refractivity contribution in [2.24, 2.45) is 0 Å². The van der Waals surface area contributed by atoms with E-state index in [0.29, 0.717) is 28.8 Å². The van der Waals surface area contributed by atoms with Gasteiger partial charge in [0.25, 0.3) is 5.91 Å². The Labute approximate surface area is 185 Å².